The Balaban J connectivity index is 1.31. The van der Waals surface area contributed by atoms with Gasteiger partial charge >= 0.3 is 5.97 Å². The number of hydrogen-bond acceptors (Lipinski definition) is 5. The molecule has 154 valence electrons. The number of ether oxygens (including phenoxy) is 1. The number of carbonyl (C=O) groups excluding carboxylic acids is 3. The fourth-order valence-electron chi connectivity index (χ4n) is 3.89. The molecule has 5 rings (SSSR count). The minimum absolute atomic E-state index is 0.0225. The van der Waals surface area contributed by atoms with Crippen molar-refractivity contribution in [1.29, 1.82) is 0 Å². The van der Waals surface area contributed by atoms with Crippen LogP contribution in [-0.4, -0.2) is 30.9 Å². The van der Waals surface area contributed by atoms with Crippen LogP contribution >= 0.6 is 0 Å². The Bertz CT molecular complexity index is 1340. The fourth-order valence-corrected chi connectivity index (χ4v) is 3.89. The molecule has 0 saturated heterocycles. The maximum absolute atomic E-state index is 12.7. The minimum Gasteiger partial charge on any atom is -0.464 e. The van der Waals surface area contributed by atoms with E-state index in [1.807, 2.05) is 36.4 Å². The summed E-state index contributed by atoms with van der Waals surface area (Å²) in [4.78, 5) is 38.3. The number of furan rings is 1. The molecule has 2 heterocycles. The molecule has 1 aromatic heterocycles. The molecule has 0 spiro atoms. The van der Waals surface area contributed by atoms with Crippen molar-refractivity contribution >= 4 is 50.9 Å². The number of esters is 1. The average Bonchev–Trinajstić information content (AvgIpc) is 3.20. The first-order valence-electron chi connectivity index (χ1n) is 9.83. The molecule has 1 N–H and O–H groups in total. The number of hydrogen-bond donors (Lipinski definition) is 1. The molecule has 0 bridgehead atoms. The van der Waals surface area contributed by atoms with Crippen molar-refractivity contribution in [2.24, 2.45) is 0 Å². The summed E-state index contributed by atoms with van der Waals surface area (Å²) >= 11 is 0. The van der Waals surface area contributed by atoms with Crippen LogP contribution in [-0.2, 0) is 25.5 Å². The Labute approximate surface area is 177 Å². The number of nitrogens with one attached hydrogen (secondary N) is 1. The first-order valence-corrected chi connectivity index (χ1v) is 9.83. The van der Waals surface area contributed by atoms with Crippen LogP contribution in [0.25, 0.3) is 21.7 Å². The van der Waals surface area contributed by atoms with Crippen LogP contribution in [0, 0.1) is 0 Å². The van der Waals surface area contributed by atoms with E-state index < -0.39 is 18.5 Å². The molecule has 0 unspecified atom stereocenters. The van der Waals surface area contributed by atoms with Crippen LogP contribution in [0.3, 0.4) is 0 Å². The van der Waals surface area contributed by atoms with E-state index in [-0.39, 0.29) is 18.9 Å². The van der Waals surface area contributed by atoms with Crippen LogP contribution in [0.1, 0.15) is 5.56 Å². The predicted octanol–water partition coefficient (Wildman–Crippen LogP) is 3.66. The van der Waals surface area contributed by atoms with Crippen LogP contribution in [0.2, 0.25) is 0 Å². The summed E-state index contributed by atoms with van der Waals surface area (Å²) in [6.07, 6.45) is 1.52. The van der Waals surface area contributed by atoms with Crippen molar-refractivity contribution in [3.8, 4) is 0 Å². The van der Waals surface area contributed by atoms with E-state index in [1.165, 1.54) is 4.90 Å². The quantitative estimate of drug-likeness (QED) is 0.515. The molecule has 2 amide bonds. The SMILES string of the molecule is O=C1CN(C(=O)COC(=O)Cc2coc3ccc4ccccc4c23)c2ccccc2N1. The van der Waals surface area contributed by atoms with E-state index in [1.54, 1.807) is 30.5 Å². The van der Waals surface area contributed by atoms with Crippen molar-refractivity contribution in [3.63, 3.8) is 0 Å². The van der Waals surface area contributed by atoms with Gasteiger partial charge in [0.2, 0.25) is 5.91 Å². The summed E-state index contributed by atoms with van der Waals surface area (Å²) in [6.45, 7) is -0.567. The smallest absolute Gasteiger partial charge is 0.310 e. The standard InChI is InChI=1S/C24H18N2O5/c27-21-12-26(19-8-4-3-7-18(19)25-21)22(28)14-31-23(29)11-16-13-30-20-10-9-15-5-1-2-6-17(15)24(16)20/h1-10,13H,11-12,14H2,(H,25,27). The molecule has 3 aromatic carbocycles. The second-order valence-electron chi connectivity index (χ2n) is 7.30. The summed E-state index contributed by atoms with van der Waals surface area (Å²) in [5, 5.41) is 5.62. The third kappa shape index (κ3) is 3.50. The zero-order valence-electron chi connectivity index (χ0n) is 16.5. The van der Waals surface area contributed by atoms with Gasteiger partial charge in [0, 0.05) is 10.9 Å². The van der Waals surface area contributed by atoms with Crippen molar-refractivity contribution in [2.75, 3.05) is 23.4 Å². The second-order valence-corrected chi connectivity index (χ2v) is 7.30. The number of fused-ring (bicyclic) bond motifs is 4. The number of para-hydroxylation sites is 2. The van der Waals surface area contributed by atoms with Gasteiger partial charge in [0.1, 0.15) is 12.1 Å². The molecule has 31 heavy (non-hydrogen) atoms. The normalized spacial score (nSPS) is 13.2. The molecule has 0 radical (unpaired) electrons. The summed E-state index contributed by atoms with van der Waals surface area (Å²) in [7, 11) is 0. The van der Waals surface area contributed by atoms with Crippen molar-refractivity contribution in [3.05, 3.63) is 72.5 Å². The molecule has 0 saturated carbocycles. The maximum atomic E-state index is 12.7. The number of rotatable bonds is 4. The topological polar surface area (TPSA) is 88.8 Å². The Morgan fingerprint density at radius 1 is 1.03 bits per heavy atom. The van der Waals surface area contributed by atoms with Crippen molar-refractivity contribution < 1.29 is 23.5 Å². The molecule has 0 aliphatic carbocycles. The van der Waals surface area contributed by atoms with Crippen LogP contribution in [0.15, 0.2) is 71.3 Å². The Morgan fingerprint density at radius 3 is 2.74 bits per heavy atom. The molecule has 1 aliphatic rings. The monoisotopic (exact) mass is 414 g/mol. The van der Waals surface area contributed by atoms with Crippen LogP contribution < -0.4 is 10.2 Å². The molecule has 0 fully saturated rings. The number of anilines is 2. The molecule has 1 aliphatic heterocycles. The van der Waals surface area contributed by atoms with Crippen LogP contribution in [0.4, 0.5) is 11.4 Å². The summed E-state index contributed by atoms with van der Waals surface area (Å²) in [5.41, 5.74) is 2.52. The third-order valence-corrected chi connectivity index (χ3v) is 5.30. The first kappa shape index (κ1) is 18.9. The molecule has 0 atom stereocenters. The Morgan fingerprint density at radius 2 is 1.84 bits per heavy atom. The summed E-state index contributed by atoms with van der Waals surface area (Å²) < 4.78 is 10.8. The lowest BCUT2D eigenvalue weighted by atomic mass is 10.0. The molecular formula is C24H18N2O5. The van der Waals surface area contributed by atoms with Gasteiger partial charge in [-0.1, -0.05) is 42.5 Å². The number of nitrogens with zero attached hydrogens (tertiary/aromatic N) is 1. The summed E-state index contributed by atoms with van der Waals surface area (Å²) in [6, 6.07) is 18.7. The van der Waals surface area contributed by atoms with E-state index in [9.17, 15) is 14.4 Å². The van der Waals surface area contributed by atoms with E-state index in [4.69, 9.17) is 9.15 Å². The van der Waals surface area contributed by atoms with Gasteiger partial charge in [-0.05, 0) is 29.0 Å². The lowest BCUT2D eigenvalue weighted by Crippen LogP contribution is -2.44. The fraction of sp³-hybridized carbons (Fsp3) is 0.125. The maximum Gasteiger partial charge on any atom is 0.310 e. The van der Waals surface area contributed by atoms with E-state index in [0.717, 1.165) is 16.2 Å². The lowest BCUT2D eigenvalue weighted by molar-refractivity contribution is -0.147. The highest BCUT2D eigenvalue weighted by atomic mass is 16.5. The number of benzene rings is 3. The zero-order chi connectivity index (χ0) is 21.4. The first-order chi connectivity index (χ1) is 15.1. The zero-order valence-corrected chi connectivity index (χ0v) is 16.5. The van der Waals surface area contributed by atoms with E-state index in [2.05, 4.69) is 5.32 Å². The largest absolute Gasteiger partial charge is 0.464 e. The highest BCUT2D eigenvalue weighted by molar-refractivity contribution is 6.11. The highest BCUT2D eigenvalue weighted by Crippen LogP contribution is 2.31. The molecular weight excluding hydrogens is 396 g/mol. The van der Waals surface area contributed by atoms with Gasteiger partial charge in [-0.2, -0.15) is 0 Å². The average molecular weight is 414 g/mol. The molecule has 7 nitrogen and oxygen atoms in total. The summed E-state index contributed by atoms with van der Waals surface area (Å²) in [5.74, 6) is -1.30. The van der Waals surface area contributed by atoms with Gasteiger partial charge in [0.25, 0.3) is 5.91 Å². The Kier molecular flexibility index (Phi) is 4.63. The number of carbonyl (C=O) groups is 3. The Hall–Kier alpha value is -4.13. The van der Waals surface area contributed by atoms with Gasteiger partial charge in [-0.3, -0.25) is 19.3 Å². The van der Waals surface area contributed by atoms with Gasteiger partial charge < -0.3 is 14.5 Å². The number of amides is 2. The van der Waals surface area contributed by atoms with Gasteiger partial charge in [-0.25, -0.2) is 0 Å². The minimum atomic E-state index is -0.543. The van der Waals surface area contributed by atoms with Gasteiger partial charge in [-0.15, -0.1) is 0 Å². The van der Waals surface area contributed by atoms with E-state index in [0.29, 0.717) is 22.5 Å². The van der Waals surface area contributed by atoms with Crippen molar-refractivity contribution in [1.82, 2.24) is 0 Å². The van der Waals surface area contributed by atoms with Gasteiger partial charge in [0.05, 0.1) is 24.1 Å². The second kappa shape index (κ2) is 7.60. The van der Waals surface area contributed by atoms with E-state index >= 15 is 0 Å². The highest BCUT2D eigenvalue weighted by Gasteiger charge is 2.27. The molecule has 4 aromatic rings. The predicted molar refractivity (Wildman–Crippen MR) is 116 cm³/mol. The van der Waals surface area contributed by atoms with Crippen LogP contribution in [0.5, 0.6) is 0 Å². The molecule has 7 heteroatoms. The van der Waals surface area contributed by atoms with Crippen molar-refractivity contribution in [2.45, 2.75) is 6.42 Å². The van der Waals surface area contributed by atoms with Gasteiger partial charge in [0.15, 0.2) is 6.61 Å². The lowest BCUT2D eigenvalue weighted by Gasteiger charge is -2.28. The third-order valence-electron chi connectivity index (χ3n) is 5.30.